The largest absolute Gasteiger partial charge is 0.323 e. The van der Waals surface area contributed by atoms with Gasteiger partial charge in [0.25, 0.3) is 5.56 Å². The van der Waals surface area contributed by atoms with Gasteiger partial charge in [-0.2, -0.15) is 0 Å². The highest BCUT2D eigenvalue weighted by Gasteiger charge is 2.12. The maximum absolute atomic E-state index is 13.6. The predicted octanol–water partition coefficient (Wildman–Crippen LogP) is 4.06. The summed E-state index contributed by atoms with van der Waals surface area (Å²) in [5.74, 6) is -1.03. The average Bonchev–Trinajstić information content (AvgIpc) is 2.65. The summed E-state index contributed by atoms with van der Waals surface area (Å²) >= 11 is 7.11. The number of nitrogens with zero attached hydrogens (tertiary/aromatic N) is 2. The Labute approximate surface area is 164 Å². The maximum Gasteiger partial charge on any atom is 0.287 e. The first-order valence-corrected chi connectivity index (χ1v) is 9.33. The summed E-state index contributed by atoms with van der Waals surface area (Å²) in [7, 11) is 0. The van der Waals surface area contributed by atoms with Crippen molar-refractivity contribution in [3.63, 3.8) is 0 Å². The molecule has 0 fully saturated rings. The fourth-order valence-corrected chi connectivity index (χ4v) is 3.18. The van der Waals surface area contributed by atoms with E-state index in [0.29, 0.717) is 10.7 Å². The SMILES string of the molecule is Cc1ccc(-n2ccnc(SCC(=O)Nc3ccccc3F)c2=O)cc1Cl. The monoisotopic (exact) mass is 403 g/mol. The number of benzene rings is 2. The molecule has 3 rings (SSSR count). The van der Waals surface area contributed by atoms with Crippen LogP contribution in [0.3, 0.4) is 0 Å². The zero-order valence-electron chi connectivity index (χ0n) is 14.3. The number of carbonyl (C=O) groups excluding carboxylic acids is 1. The van der Waals surface area contributed by atoms with Gasteiger partial charge in [-0.1, -0.05) is 41.6 Å². The molecule has 1 heterocycles. The Balaban J connectivity index is 1.74. The zero-order valence-corrected chi connectivity index (χ0v) is 15.9. The van der Waals surface area contributed by atoms with Crippen LogP contribution in [0.25, 0.3) is 5.69 Å². The first-order chi connectivity index (χ1) is 13.0. The Morgan fingerprint density at radius 3 is 2.81 bits per heavy atom. The molecule has 138 valence electrons. The molecule has 0 aliphatic carbocycles. The first kappa shape index (κ1) is 19.1. The van der Waals surface area contributed by atoms with Crippen LogP contribution in [0.1, 0.15) is 5.56 Å². The molecule has 1 aromatic heterocycles. The van der Waals surface area contributed by atoms with Crippen LogP contribution in [0.5, 0.6) is 0 Å². The Morgan fingerprint density at radius 1 is 1.30 bits per heavy atom. The number of aromatic nitrogens is 2. The number of halogens is 2. The lowest BCUT2D eigenvalue weighted by molar-refractivity contribution is -0.113. The first-order valence-electron chi connectivity index (χ1n) is 7.97. The molecule has 3 aromatic rings. The van der Waals surface area contributed by atoms with E-state index < -0.39 is 11.7 Å². The standard InChI is InChI=1S/C19H15ClFN3O2S/c1-12-6-7-13(10-14(12)20)24-9-8-22-18(19(24)26)27-11-17(25)23-16-5-3-2-4-15(16)21/h2-10H,11H2,1H3,(H,23,25). The second-order valence-electron chi connectivity index (χ2n) is 5.66. The van der Waals surface area contributed by atoms with Crippen molar-refractivity contribution in [2.45, 2.75) is 11.9 Å². The third-order valence-corrected chi connectivity index (χ3v) is 5.10. The van der Waals surface area contributed by atoms with Crippen molar-refractivity contribution in [1.82, 2.24) is 9.55 Å². The van der Waals surface area contributed by atoms with Gasteiger partial charge in [0.1, 0.15) is 5.82 Å². The van der Waals surface area contributed by atoms with E-state index in [1.54, 1.807) is 18.2 Å². The van der Waals surface area contributed by atoms with E-state index in [9.17, 15) is 14.0 Å². The van der Waals surface area contributed by atoms with E-state index in [1.807, 2.05) is 13.0 Å². The highest BCUT2D eigenvalue weighted by molar-refractivity contribution is 7.99. The number of hydrogen-bond acceptors (Lipinski definition) is 4. The normalized spacial score (nSPS) is 10.6. The van der Waals surface area contributed by atoms with Gasteiger partial charge < -0.3 is 5.32 Å². The van der Waals surface area contributed by atoms with Crippen molar-refractivity contribution in [2.24, 2.45) is 0 Å². The number of anilines is 1. The Kier molecular flexibility index (Phi) is 5.93. The van der Waals surface area contributed by atoms with E-state index >= 15 is 0 Å². The molecular formula is C19H15ClFN3O2S. The molecule has 0 aliphatic rings. The fourth-order valence-electron chi connectivity index (χ4n) is 2.31. The zero-order chi connectivity index (χ0) is 19.4. The Morgan fingerprint density at radius 2 is 2.07 bits per heavy atom. The molecule has 1 amide bonds. The molecule has 8 heteroatoms. The van der Waals surface area contributed by atoms with Gasteiger partial charge in [0.2, 0.25) is 5.91 Å². The van der Waals surface area contributed by atoms with Gasteiger partial charge in [0.05, 0.1) is 17.1 Å². The van der Waals surface area contributed by atoms with Crippen molar-refractivity contribution in [3.8, 4) is 5.69 Å². The van der Waals surface area contributed by atoms with Crippen molar-refractivity contribution in [1.29, 1.82) is 0 Å². The van der Waals surface area contributed by atoms with Gasteiger partial charge in [0.15, 0.2) is 5.03 Å². The van der Waals surface area contributed by atoms with Crippen molar-refractivity contribution >= 4 is 35.0 Å². The molecule has 5 nitrogen and oxygen atoms in total. The number of rotatable bonds is 5. The fraction of sp³-hybridized carbons (Fsp3) is 0.105. The third kappa shape index (κ3) is 4.56. The topological polar surface area (TPSA) is 64.0 Å². The number of hydrogen-bond donors (Lipinski definition) is 1. The molecule has 1 N–H and O–H groups in total. The second-order valence-corrected chi connectivity index (χ2v) is 7.03. The van der Waals surface area contributed by atoms with Gasteiger partial charge in [-0.15, -0.1) is 0 Å². The molecule has 0 saturated carbocycles. The molecule has 0 atom stereocenters. The van der Waals surface area contributed by atoms with Gasteiger partial charge in [0, 0.05) is 17.4 Å². The van der Waals surface area contributed by atoms with Crippen LogP contribution in [0.2, 0.25) is 5.02 Å². The molecule has 0 spiro atoms. The third-order valence-electron chi connectivity index (χ3n) is 3.73. The van der Waals surface area contributed by atoms with E-state index in [-0.39, 0.29) is 22.0 Å². The van der Waals surface area contributed by atoms with Crippen LogP contribution >= 0.6 is 23.4 Å². The van der Waals surface area contributed by atoms with Crippen LogP contribution in [0.15, 0.2) is 64.7 Å². The summed E-state index contributed by atoms with van der Waals surface area (Å²) in [5.41, 5.74) is 1.24. The van der Waals surface area contributed by atoms with Crippen molar-refractivity contribution < 1.29 is 9.18 Å². The van der Waals surface area contributed by atoms with E-state index in [4.69, 9.17) is 11.6 Å². The van der Waals surface area contributed by atoms with E-state index in [0.717, 1.165) is 17.3 Å². The smallest absolute Gasteiger partial charge is 0.287 e. The molecule has 2 aromatic carbocycles. The lowest BCUT2D eigenvalue weighted by Crippen LogP contribution is -2.22. The van der Waals surface area contributed by atoms with E-state index in [2.05, 4.69) is 10.3 Å². The molecule has 0 saturated heterocycles. The summed E-state index contributed by atoms with van der Waals surface area (Å²) in [6.45, 7) is 1.87. The quantitative estimate of drug-likeness (QED) is 0.652. The van der Waals surface area contributed by atoms with Crippen LogP contribution in [-0.2, 0) is 4.79 Å². The molecular weight excluding hydrogens is 389 g/mol. The summed E-state index contributed by atoms with van der Waals surface area (Å²) in [6, 6.07) is 11.2. The lowest BCUT2D eigenvalue weighted by Gasteiger charge is -2.09. The van der Waals surface area contributed by atoms with Crippen LogP contribution in [0, 0.1) is 12.7 Å². The molecule has 27 heavy (non-hydrogen) atoms. The van der Waals surface area contributed by atoms with Crippen molar-refractivity contribution in [2.75, 3.05) is 11.1 Å². The lowest BCUT2D eigenvalue weighted by atomic mass is 10.2. The van der Waals surface area contributed by atoms with Gasteiger partial charge >= 0.3 is 0 Å². The number of aryl methyl sites for hydroxylation is 1. The summed E-state index contributed by atoms with van der Waals surface area (Å²) in [4.78, 5) is 28.7. The average molecular weight is 404 g/mol. The Bertz CT molecular complexity index is 1060. The molecule has 0 unspecified atom stereocenters. The molecule has 0 aliphatic heterocycles. The van der Waals surface area contributed by atoms with Gasteiger partial charge in [-0.25, -0.2) is 9.37 Å². The Hall–Kier alpha value is -2.64. The number of amides is 1. The highest BCUT2D eigenvalue weighted by Crippen LogP contribution is 2.19. The van der Waals surface area contributed by atoms with Gasteiger partial charge in [-0.05, 0) is 36.8 Å². The number of nitrogens with one attached hydrogen (secondary N) is 1. The number of thioether (sulfide) groups is 1. The van der Waals surface area contributed by atoms with Crippen LogP contribution in [-0.4, -0.2) is 21.2 Å². The number of para-hydroxylation sites is 1. The minimum absolute atomic E-state index is 0.0742. The minimum Gasteiger partial charge on any atom is -0.323 e. The highest BCUT2D eigenvalue weighted by atomic mass is 35.5. The van der Waals surface area contributed by atoms with Crippen LogP contribution < -0.4 is 10.9 Å². The predicted molar refractivity (Wildman–Crippen MR) is 105 cm³/mol. The summed E-state index contributed by atoms with van der Waals surface area (Å²) in [5, 5.41) is 3.19. The number of carbonyl (C=O) groups is 1. The van der Waals surface area contributed by atoms with Crippen LogP contribution in [0.4, 0.5) is 10.1 Å². The summed E-state index contributed by atoms with van der Waals surface area (Å²) in [6.07, 6.45) is 3.01. The maximum atomic E-state index is 13.6. The minimum atomic E-state index is -0.521. The van der Waals surface area contributed by atoms with Crippen molar-refractivity contribution in [3.05, 3.63) is 81.6 Å². The summed E-state index contributed by atoms with van der Waals surface area (Å²) < 4.78 is 15.0. The molecule has 0 bridgehead atoms. The second kappa shape index (κ2) is 8.37. The van der Waals surface area contributed by atoms with E-state index in [1.165, 1.54) is 35.2 Å². The molecule has 0 radical (unpaired) electrons. The van der Waals surface area contributed by atoms with Gasteiger partial charge in [-0.3, -0.25) is 14.2 Å².